The van der Waals surface area contributed by atoms with Crippen LogP contribution in [0.1, 0.15) is 11.3 Å². The maximum atomic E-state index is 13.9. The molecular weight excluding hydrogens is 269 g/mol. The zero-order valence-electron chi connectivity index (χ0n) is 11.5. The van der Waals surface area contributed by atoms with E-state index in [1.54, 1.807) is 28.9 Å². The number of nitrogens with zero attached hydrogens (tertiary/aromatic N) is 3. The Balaban J connectivity index is 2.19. The summed E-state index contributed by atoms with van der Waals surface area (Å²) in [6.45, 7) is 5.70. The van der Waals surface area contributed by atoms with E-state index in [-0.39, 0.29) is 0 Å². The molecule has 0 unspecified atom stereocenters. The molecule has 21 heavy (non-hydrogen) atoms. The van der Waals surface area contributed by atoms with E-state index in [1.807, 2.05) is 6.92 Å². The van der Waals surface area contributed by atoms with Gasteiger partial charge in [0.05, 0.1) is 5.69 Å². The molecule has 2 aromatic rings. The number of fused-ring (bicyclic) bond motifs is 1. The molecule has 0 aliphatic heterocycles. The fraction of sp³-hybridized carbons (Fsp3) is 0.0625. The summed E-state index contributed by atoms with van der Waals surface area (Å²) in [4.78, 5) is 18.0. The minimum atomic E-state index is -0.391. The molecule has 0 atom stereocenters. The third-order valence-corrected chi connectivity index (χ3v) is 2.72. The second-order valence-electron chi connectivity index (χ2n) is 4.35. The summed E-state index contributed by atoms with van der Waals surface area (Å²) < 4.78 is 15.6. The monoisotopic (exact) mass is 283 g/mol. The Morgan fingerprint density at radius 1 is 1.43 bits per heavy atom. The van der Waals surface area contributed by atoms with Crippen LogP contribution >= 0.6 is 0 Å². The van der Waals surface area contributed by atoms with Gasteiger partial charge >= 0.3 is 0 Å². The van der Waals surface area contributed by atoms with Gasteiger partial charge in [-0.25, -0.2) is 9.37 Å². The molecule has 5 heteroatoms. The molecule has 0 fully saturated rings. The van der Waals surface area contributed by atoms with Gasteiger partial charge in [0.15, 0.2) is 11.5 Å². The van der Waals surface area contributed by atoms with Gasteiger partial charge in [-0.05, 0) is 30.7 Å². The summed E-state index contributed by atoms with van der Waals surface area (Å²) >= 11 is 0. The largest absolute Gasteiger partial charge is 0.304 e. The van der Waals surface area contributed by atoms with Crippen LogP contribution < -0.4 is 0 Å². The lowest BCUT2D eigenvalue weighted by Crippen LogP contribution is -1.92. The Hall–Kier alpha value is -2.82. The van der Waals surface area contributed by atoms with E-state index in [0.29, 0.717) is 23.1 Å². The van der Waals surface area contributed by atoms with Gasteiger partial charge in [-0.1, -0.05) is 12.7 Å². The predicted octanol–water partition coefficient (Wildman–Crippen LogP) is 3.13. The first-order valence-corrected chi connectivity index (χ1v) is 6.26. The molecule has 0 spiro atoms. The van der Waals surface area contributed by atoms with Crippen molar-refractivity contribution in [1.29, 1.82) is 0 Å². The summed E-state index contributed by atoms with van der Waals surface area (Å²) in [5.41, 5.74) is 2.35. The highest BCUT2D eigenvalue weighted by Crippen LogP contribution is 2.18. The summed E-state index contributed by atoms with van der Waals surface area (Å²) in [6, 6.07) is 1.40. The molecule has 0 aliphatic rings. The van der Waals surface area contributed by atoms with Crippen LogP contribution in [0.4, 0.5) is 4.39 Å². The summed E-state index contributed by atoms with van der Waals surface area (Å²) in [5, 5.41) is 0. The molecule has 0 radical (unpaired) electrons. The first kappa shape index (κ1) is 14.6. The van der Waals surface area contributed by atoms with Crippen LogP contribution in [0, 0.1) is 12.7 Å². The molecule has 0 aromatic carbocycles. The number of aldehydes is 1. The number of allylic oxidation sites excluding steroid dienone is 4. The molecule has 0 saturated carbocycles. The maximum absolute atomic E-state index is 13.9. The lowest BCUT2D eigenvalue weighted by molar-refractivity contribution is -0.104. The van der Waals surface area contributed by atoms with Crippen molar-refractivity contribution in [3.63, 3.8) is 0 Å². The Morgan fingerprint density at radius 2 is 2.24 bits per heavy atom. The zero-order valence-corrected chi connectivity index (χ0v) is 11.5. The van der Waals surface area contributed by atoms with Crippen LogP contribution in [-0.4, -0.2) is 21.9 Å². The molecular formula is C16H14FN3O. The van der Waals surface area contributed by atoms with E-state index in [1.165, 1.54) is 24.6 Å². The minimum Gasteiger partial charge on any atom is -0.304 e. The number of carbonyl (C=O) groups is 1. The highest BCUT2D eigenvalue weighted by atomic mass is 19.1. The van der Waals surface area contributed by atoms with E-state index < -0.39 is 5.82 Å². The summed E-state index contributed by atoms with van der Waals surface area (Å²) in [6.07, 6.45) is 11.7. The number of aryl methyl sites for hydroxylation is 1. The van der Waals surface area contributed by atoms with E-state index in [2.05, 4.69) is 16.6 Å². The van der Waals surface area contributed by atoms with Crippen molar-refractivity contribution in [1.82, 2.24) is 9.38 Å². The number of pyridine rings is 1. The van der Waals surface area contributed by atoms with Gasteiger partial charge in [0.25, 0.3) is 0 Å². The minimum absolute atomic E-state index is 0.300. The second-order valence-corrected chi connectivity index (χ2v) is 4.35. The van der Waals surface area contributed by atoms with E-state index in [0.717, 1.165) is 5.69 Å². The van der Waals surface area contributed by atoms with Gasteiger partial charge in [-0.3, -0.25) is 9.79 Å². The van der Waals surface area contributed by atoms with Crippen LogP contribution in [0.25, 0.3) is 11.2 Å². The standard InChI is InChI=1S/C16H14FN3O/c1-12(5-3-6-18-7-4-8-21)14-9-15(17)16-19-13(2)10-20(16)11-14/h3-11H,1H2,2H3/b5-3-,7-4-,18-6+. The van der Waals surface area contributed by atoms with Crippen LogP contribution in [0.5, 0.6) is 0 Å². The number of hydrogen-bond acceptors (Lipinski definition) is 3. The lowest BCUT2D eigenvalue weighted by atomic mass is 10.1. The van der Waals surface area contributed by atoms with Crippen molar-refractivity contribution < 1.29 is 9.18 Å². The van der Waals surface area contributed by atoms with Crippen LogP contribution in [0.2, 0.25) is 0 Å². The van der Waals surface area contributed by atoms with Crippen LogP contribution in [0.15, 0.2) is 54.5 Å². The van der Waals surface area contributed by atoms with Crippen LogP contribution in [0.3, 0.4) is 0 Å². The van der Waals surface area contributed by atoms with Crippen LogP contribution in [-0.2, 0) is 4.79 Å². The highest BCUT2D eigenvalue weighted by molar-refractivity contribution is 5.80. The Bertz CT molecular complexity index is 769. The number of aromatic nitrogens is 2. The number of aliphatic imine (C=N–C) groups is 1. The van der Waals surface area contributed by atoms with E-state index in [4.69, 9.17) is 0 Å². The third kappa shape index (κ3) is 3.60. The molecule has 4 nitrogen and oxygen atoms in total. The summed E-state index contributed by atoms with van der Waals surface area (Å²) in [5.74, 6) is -0.391. The van der Waals surface area contributed by atoms with Crippen molar-refractivity contribution in [2.24, 2.45) is 4.99 Å². The maximum Gasteiger partial charge on any atom is 0.173 e. The van der Waals surface area contributed by atoms with Gasteiger partial charge in [-0.2, -0.15) is 0 Å². The molecule has 2 aromatic heterocycles. The molecule has 0 N–H and O–H groups in total. The number of imidazole rings is 1. The molecule has 0 amide bonds. The van der Waals surface area contributed by atoms with Gasteiger partial charge < -0.3 is 4.40 Å². The lowest BCUT2D eigenvalue weighted by Gasteiger charge is -2.02. The van der Waals surface area contributed by atoms with Gasteiger partial charge in [0, 0.05) is 30.4 Å². The Kier molecular flexibility index (Phi) is 4.56. The predicted molar refractivity (Wildman–Crippen MR) is 81.8 cm³/mol. The second kappa shape index (κ2) is 6.56. The first-order valence-electron chi connectivity index (χ1n) is 6.26. The fourth-order valence-electron chi connectivity index (χ4n) is 1.79. The molecule has 0 aliphatic carbocycles. The van der Waals surface area contributed by atoms with Gasteiger partial charge in [-0.15, -0.1) is 0 Å². The smallest absolute Gasteiger partial charge is 0.173 e. The molecule has 2 rings (SSSR count). The Labute approximate surface area is 121 Å². The normalized spacial score (nSPS) is 12.1. The molecule has 2 heterocycles. The Morgan fingerprint density at radius 3 is 3.00 bits per heavy atom. The SMILES string of the molecule is C=C(\C=C/C=N/C=C\C=O)c1cc(F)c2nc(C)cn2c1. The van der Waals surface area contributed by atoms with Crippen molar-refractivity contribution in [2.45, 2.75) is 6.92 Å². The first-order chi connectivity index (χ1) is 10.1. The summed E-state index contributed by atoms with van der Waals surface area (Å²) in [7, 11) is 0. The number of hydrogen-bond donors (Lipinski definition) is 0. The topological polar surface area (TPSA) is 46.7 Å². The van der Waals surface area contributed by atoms with Crippen molar-refractivity contribution in [2.75, 3.05) is 0 Å². The van der Waals surface area contributed by atoms with E-state index in [9.17, 15) is 9.18 Å². The quantitative estimate of drug-likeness (QED) is 0.366. The fourth-order valence-corrected chi connectivity index (χ4v) is 1.79. The molecule has 0 bridgehead atoms. The van der Waals surface area contributed by atoms with Crippen molar-refractivity contribution in [3.05, 3.63) is 66.5 Å². The van der Waals surface area contributed by atoms with Crippen molar-refractivity contribution in [3.8, 4) is 0 Å². The number of halogens is 1. The zero-order chi connectivity index (χ0) is 15.2. The van der Waals surface area contributed by atoms with Crippen molar-refractivity contribution >= 4 is 23.7 Å². The average molecular weight is 283 g/mol. The number of rotatable bonds is 5. The average Bonchev–Trinajstić information content (AvgIpc) is 2.83. The van der Waals surface area contributed by atoms with E-state index >= 15 is 0 Å². The highest BCUT2D eigenvalue weighted by Gasteiger charge is 2.07. The number of carbonyl (C=O) groups excluding carboxylic acids is 1. The third-order valence-electron chi connectivity index (χ3n) is 2.72. The molecule has 106 valence electrons. The van der Waals surface area contributed by atoms with Gasteiger partial charge in [0.1, 0.15) is 6.29 Å². The molecule has 0 saturated heterocycles. The van der Waals surface area contributed by atoms with Gasteiger partial charge in [0.2, 0.25) is 0 Å².